The predicted molar refractivity (Wildman–Crippen MR) is 46.2 cm³/mol. The van der Waals surface area contributed by atoms with Gasteiger partial charge in [-0.25, -0.2) is 0 Å². The van der Waals surface area contributed by atoms with Crippen LogP contribution in [-0.2, 0) is 0 Å². The summed E-state index contributed by atoms with van der Waals surface area (Å²) in [5, 5.41) is 0. The Morgan fingerprint density at radius 3 is 2.90 bits per heavy atom. The molecule has 2 heterocycles. The fourth-order valence-electron chi connectivity index (χ4n) is 2.10. The number of fused-ring (bicyclic) bond motifs is 1. The summed E-state index contributed by atoms with van der Waals surface area (Å²) < 4.78 is 0. The highest BCUT2D eigenvalue weighted by molar-refractivity contribution is 7.80. The van der Waals surface area contributed by atoms with Crippen molar-refractivity contribution in [2.75, 3.05) is 6.54 Å². The molecule has 0 saturated carbocycles. The van der Waals surface area contributed by atoms with E-state index in [-0.39, 0.29) is 0 Å². The zero-order valence-corrected chi connectivity index (χ0v) is 6.99. The van der Waals surface area contributed by atoms with E-state index in [4.69, 9.17) is 12.2 Å². The lowest BCUT2D eigenvalue weighted by Gasteiger charge is -2.31. The van der Waals surface area contributed by atoms with Gasteiger partial charge < -0.3 is 4.90 Å². The molecular formula is C8H13NS. The maximum absolute atomic E-state index is 5.27. The summed E-state index contributed by atoms with van der Waals surface area (Å²) >= 11 is 5.27. The van der Waals surface area contributed by atoms with Gasteiger partial charge in [0.15, 0.2) is 0 Å². The van der Waals surface area contributed by atoms with E-state index in [1.807, 2.05) is 0 Å². The molecule has 0 aromatic carbocycles. The van der Waals surface area contributed by atoms with Crippen LogP contribution >= 0.6 is 12.2 Å². The Kier molecular flexibility index (Phi) is 1.65. The van der Waals surface area contributed by atoms with Crippen LogP contribution in [0.2, 0.25) is 0 Å². The van der Waals surface area contributed by atoms with Crippen LogP contribution in [0.25, 0.3) is 0 Å². The lowest BCUT2D eigenvalue weighted by atomic mass is 10.0. The minimum absolute atomic E-state index is 0.834. The van der Waals surface area contributed by atoms with Gasteiger partial charge in [-0.3, -0.25) is 0 Å². The molecule has 56 valence electrons. The summed E-state index contributed by atoms with van der Waals surface area (Å²) in [5.74, 6) is 0. The second kappa shape index (κ2) is 2.50. The lowest BCUT2D eigenvalue weighted by molar-refractivity contribution is 0.335. The number of hydrogen-bond acceptors (Lipinski definition) is 1. The summed E-state index contributed by atoms with van der Waals surface area (Å²) in [5.41, 5.74) is 0. The van der Waals surface area contributed by atoms with E-state index in [2.05, 4.69) is 4.90 Å². The van der Waals surface area contributed by atoms with Crippen molar-refractivity contribution in [2.45, 2.75) is 38.1 Å². The van der Waals surface area contributed by atoms with E-state index in [9.17, 15) is 0 Å². The van der Waals surface area contributed by atoms with Gasteiger partial charge in [0.25, 0.3) is 0 Å². The molecule has 10 heavy (non-hydrogen) atoms. The third kappa shape index (κ3) is 0.947. The Labute approximate surface area is 67.4 Å². The average Bonchev–Trinajstić information content (AvgIpc) is 2.36. The van der Waals surface area contributed by atoms with Gasteiger partial charge in [-0.2, -0.15) is 0 Å². The van der Waals surface area contributed by atoms with E-state index in [0.29, 0.717) is 0 Å². The molecule has 0 aliphatic carbocycles. The van der Waals surface area contributed by atoms with E-state index in [1.165, 1.54) is 43.6 Å². The minimum atomic E-state index is 0.834. The maximum atomic E-state index is 5.27. The summed E-state index contributed by atoms with van der Waals surface area (Å²) in [6.07, 6.45) is 6.65. The second-order valence-corrected chi connectivity index (χ2v) is 3.75. The van der Waals surface area contributed by atoms with Gasteiger partial charge in [-0.1, -0.05) is 12.2 Å². The number of hydrogen-bond donors (Lipinski definition) is 0. The molecule has 2 fully saturated rings. The van der Waals surface area contributed by atoms with Crippen molar-refractivity contribution in [3.63, 3.8) is 0 Å². The molecule has 2 saturated heterocycles. The predicted octanol–water partition coefficient (Wildman–Crippen LogP) is 1.96. The van der Waals surface area contributed by atoms with Crippen molar-refractivity contribution in [1.29, 1.82) is 0 Å². The fraction of sp³-hybridized carbons (Fsp3) is 0.875. The summed E-state index contributed by atoms with van der Waals surface area (Å²) in [4.78, 5) is 3.67. The number of piperidine rings is 1. The summed E-state index contributed by atoms with van der Waals surface area (Å²) in [7, 11) is 0. The molecular weight excluding hydrogens is 142 g/mol. The molecule has 0 aromatic rings. The first-order chi connectivity index (χ1) is 4.88. The lowest BCUT2D eigenvalue weighted by Crippen LogP contribution is -2.37. The van der Waals surface area contributed by atoms with Crippen molar-refractivity contribution < 1.29 is 0 Å². The van der Waals surface area contributed by atoms with Crippen LogP contribution in [0.5, 0.6) is 0 Å². The molecule has 0 amide bonds. The van der Waals surface area contributed by atoms with E-state index < -0.39 is 0 Å². The number of rotatable bonds is 0. The largest absolute Gasteiger partial charge is 0.363 e. The van der Waals surface area contributed by atoms with Crippen LogP contribution in [0.1, 0.15) is 32.1 Å². The smallest absolute Gasteiger partial charge is 0.0781 e. The van der Waals surface area contributed by atoms with E-state index in [0.717, 1.165) is 6.04 Å². The molecule has 2 aliphatic rings. The molecule has 0 spiro atoms. The van der Waals surface area contributed by atoms with Gasteiger partial charge in [-0.05, 0) is 32.1 Å². The third-order valence-electron chi connectivity index (χ3n) is 2.63. The number of nitrogens with zero attached hydrogens (tertiary/aromatic N) is 1. The average molecular weight is 155 g/mol. The highest BCUT2D eigenvalue weighted by Crippen LogP contribution is 2.27. The van der Waals surface area contributed by atoms with Crippen molar-refractivity contribution in [2.24, 2.45) is 0 Å². The van der Waals surface area contributed by atoms with Gasteiger partial charge in [0, 0.05) is 12.6 Å². The van der Waals surface area contributed by atoms with Crippen LogP contribution in [0.15, 0.2) is 0 Å². The zero-order valence-electron chi connectivity index (χ0n) is 6.18. The normalized spacial score (nSPS) is 32.6. The Morgan fingerprint density at radius 2 is 2.10 bits per heavy atom. The van der Waals surface area contributed by atoms with E-state index in [1.54, 1.807) is 0 Å². The fourth-order valence-corrected chi connectivity index (χ4v) is 2.48. The van der Waals surface area contributed by atoms with Crippen molar-refractivity contribution in [1.82, 2.24) is 4.90 Å². The summed E-state index contributed by atoms with van der Waals surface area (Å²) in [6.45, 7) is 1.24. The molecule has 2 heteroatoms. The van der Waals surface area contributed by atoms with Crippen LogP contribution in [0.4, 0.5) is 0 Å². The molecule has 0 N–H and O–H groups in total. The van der Waals surface area contributed by atoms with Crippen molar-refractivity contribution >= 4 is 17.2 Å². The topological polar surface area (TPSA) is 3.24 Å². The Balaban J connectivity index is 2.10. The molecule has 0 bridgehead atoms. The monoisotopic (exact) mass is 155 g/mol. The molecule has 2 rings (SSSR count). The molecule has 0 radical (unpaired) electrons. The van der Waals surface area contributed by atoms with E-state index >= 15 is 0 Å². The molecule has 2 aliphatic heterocycles. The summed E-state index contributed by atoms with van der Waals surface area (Å²) in [6, 6.07) is 0.834. The maximum Gasteiger partial charge on any atom is 0.0781 e. The van der Waals surface area contributed by atoms with Crippen LogP contribution in [0, 0.1) is 0 Å². The van der Waals surface area contributed by atoms with Gasteiger partial charge in [-0.15, -0.1) is 0 Å². The Hall–Kier alpha value is -0.110. The zero-order chi connectivity index (χ0) is 6.97. The second-order valence-electron chi connectivity index (χ2n) is 3.28. The van der Waals surface area contributed by atoms with Crippen molar-refractivity contribution in [3.05, 3.63) is 0 Å². The highest BCUT2D eigenvalue weighted by atomic mass is 32.1. The van der Waals surface area contributed by atoms with Gasteiger partial charge in [0.1, 0.15) is 0 Å². The van der Waals surface area contributed by atoms with Gasteiger partial charge in [0.05, 0.1) is 4.99 Å². The minimum Gasteiger partial charge on any atom is -0.363 e. The van der Waals surface area contributed by atoms with Gasteiger partial charge >= 0.3 is 0 Å². The Bertz CT molecular complexity index is 155. The molecule has 1 nitrogen and oxygen atoms in total. The quantitative estimate of drug-likeness (QED) is 0.492. The first-order valence-electron chi connectivity index (χ1n) is 4.17. The van der Waals surface area contributed by atoms with Gasteiger partial charge in [0.2, 0.25) is 0 Å². The number of thiocarbonyl (C=S) groups is 1. The highest BCUT2D eigenvalue weighted by Gasteiger charge is 2.28. The SMILES string of the molecule is S=C1CCCC2CCCN12. The van der Waals surface area contributed by atoms with Crippen molar-refractivity contribution in [3.8, 4) is 0 Å². The molecule has 0 aromatic heterocycles. The standard InChI is InChI=1S/C8H13NS/c10-8-5-1-3-7-4-2-6-9(7)8/h7H,1-6H2. The molecule has 1 unspecified atom stereocenters. The third-order valence-corrected chi connectivity index (χ3v) is 3.06. The first kappa shape index (κ1) is 6.59. The Morgan fingerprint density at radius 1 is 1.30 bits per heavy atom. The molecule has 1 atom stereocenters. The van der Waals surface area contributed by atoms with Crippen LogP contribution < -0.4 is 0 Å². The first-order valence-corrected chi connectivity index (χ1v) is 4.58. The van der Waals surface area contributed by atoms with Crippen LogP contribution in [-0.4, -0.2) is 22.5 Å². The van der Waals surface area contributed by atoms with Crippen LogP contribution in [0.3, 0.4) is 0 Å².